The molecule has 0 saturated heterocycles. The van der Waals surface area contributed by atoms with Crippen LogP contribution in [0, 0.1) is 0 Å². The lowest BCUT2D eigenvalue weighted by Gasteiger charge is -2.05. The van der Waals surface area contributed by atoms with Gasteiger partial charge in [-0.1, -0.05) is 46.3 Å². The molecule has 2 aromatic carbocycles. The van der Waals surface area contributed by atoms with Crippen LogP contribution in [0.2, 0.25) is 0 Å². The summed E-state index contributed by atoms with van der Waals surface area (Å²) in [6.45, 7) is 0. The zero-order valence-corrected chi connectivity index (χ0v) is 8.71. The van der Waals surface area contributed by atoms with Crippen molar-refractivity contribution < 1.29 is 0 Å². The van der Waals surface area contributed by atoms with Gasteiger partial charge in [-0.3, -0.25) is 0 Å². The maximum atomic E-state index is 5.86. The molecule has 2 N–H and O–H groups in total. The monoisotopic (exact) mass is 235 g/mol. The highest BCUT2D eigenvalue weighted by atomic mass is 79.9. The second kappa shape index (κ2) is 3.38. The van der Waals surface area contributed by atoms with Gasteiger partial charge in [-0.2, -0.15) is 0 Å². The Bertz CT molecular complexity index is 437. The van der Waals surface area contributed by atoms with Crippen LogP contribution >= 0.6 is 15.9 Å². The number of anilines is 1. The first-order valence-corrected chi connectivity index (χ1v) is 5.27. The highest BCUT2D eigenvalue weighted by Gasteiger charge is 2.00. The molecule has 0 saturated carbocycles. The number of hydrogen-bond acceptors (Lipinski definition) is 1. The Kier molecular flexibility index (Phi) is 2.23. The first-order valence-electron chi connectivity index (χ1n) is 4.15. The number of rotatable bonds is 1. The van der Waals surface area contributed by atoms with Crippen molar-refractivity contribution in [3.8, 4) is 0 Å². The third-order valence-electron chi connectivity index (χ3n) is 2.19. The van der Waals surface area contributed by atoms with E-state index in [1.807, 2.05) is 18.2 Å². The average Bonchev–Trinajstić information content (AvgIpc) is 2.18. The first kappa shape index (κ1) is 8.57. The van der Waals surface area contributed by atoms with E-state index in [2.05, 4.69) is 34.1 Å². The molecule has 0 bridgehead atoms. The Morgan fingerprint density at radius 2 is 1.69 bits per heavy atom. The maximum absolute atomic E-state index is 5.86. The fourth-order valence-electron chi connectivity index (χ4n) is 1.52. The molecule has 0 radical (unpaired) electrons. The number of fused-ring (bicyclic) bond motifs is 1. The molecule has 0 fully saturated rings. The summed E-state index contributed by atoms with van der Waals surface area (Å²) in [6, 6.07) is 12.2. The highest BCUT2D eigenvalue weighted by molar-refractivity contribution is 9.08. The minimum atomic E-state index is 0.848. The fourth-order valence-corrected chi connectivity index (χ4v) is 2.00. The lowest BCUT2D eigenvalue weighted by atomic mass is 10.0. The summed E-state index contributed by atoms with van der Waals surface area (Å²) in [4.78, 5) is 0. The standard InChI is InChI=1S/C11H10BrN/c12-7-8-3-1-5-10-9(8)4-2-6-11(10)13/h1-6H,7,13H2. The van der Waals surface area contributed by atoms with Gasteiger partial charge in [0.05, 0.1) is 0 Å². The molecular formula is C11H10BrN. The van der Waals surface area contributed by atoms with Crippen LogP contribution in [0.15, 0.2) is 36.4 Å². The largest absolute Gasteiger partial charge is 0.398 e. The summed E-state index contributed by atoms with van der Waals surface area (Å²) in [5.74, 6) is 0. The highest BCUT2D eigenvalue weighted by Crippen LogP contribution is 2.25. The van der Waals surface area contributed by atoms with Crippen molar-refractivity contribution in [2.24, 2.45) is 0 Å². The van der Waals surface area contributed by atoms with Crippen LogP contribution < -0.4 is 5.73 Å². The third-order valence-corrected chi connectivity index (χ3v) is 2.79. The van der Waals surface area contributed by atoms with Crippen molar-refractivity contribution in [1.29, 1.82) is 0 Å². The molecule has 0 atom stereocenters. The number of benzene rings is 2. The number of halogens is 1. The van der Waals surface area contributed by atoms with Gasteiger partial charge >= 0.3 is 0 Å². The van der Waals surface area contributed by atoms with E-state index in [0.717, 1.165) is 16.4 Å². The quantitative estimate of drug-likeness (QED) is 0.596. The summed E-state index contributed by atoms with van der Waals surface area (Å²) < 4.78 is 0. The molecule has 2 rings (SSSR count). The third kappa shape index (κ3) is 1.42. The first-order chi connectivity index (χ1) is 6.33. The van der Waals surface area contributed by atoms with Gasteiger partial charge in [-0.15, -0.1) is 0 Å². The fraction of sp³-hybridized carbons (Fsp3) is 0.0909. The molecular weight excluding hydrogens is 226 g/mol. The zero-order chi connectivity index (χ0) is 9.26. The SMILES string of the molecule is Nc1cccc2c(CBr)cccc12. The van der Waals surface area contributed by atoms with Crippen molar-refractivity contribution in [2.45, 2.75) is 5.33 Å². The van der Waals surface area contributed by atoms with E-state index in [4.69, 9.17) is 5.73 Å². The average molecular weight is 236 g/mol. The second-order valence-electron chi connectivity index (χ2n) is 2.99. The molecule has 0 aliphatic carbocycles. The summed E-state index contributed by atoms with van der Waals surface area (Å²) >= 11 is 3.46. The van der Waals surface area contributed by atoms with Crippen LogP contribution in [0.4, 0.5) is 5.69 Å². The van der Waals surface area contributed by atoms with Gasteiger partial charge in [0, 0.05) is 16.4 Å². The van der Waals surface area contributed by atoms with Crippen molar-refractivity contribution >= 4 is 32.4 Å². The van der Waals surface area contributed by atoms with Gasteiger partial charge in [0.2, 0.25) is 0 Å². The lowest BCUT2D eigenvalue weighted by molar-refractivity contribution is 1.49. The molecule has 0 aromatic heterocycles. The molecule has 2 heteroatoms. The molecule has 0 unspecified atom stereocenters. The molecule has 1 nitrogen and oxygen atoms in total. The van der Waals surface area contributed by atoms with Gasteiger partial charge in [-0.05, 0) is 17.0 Å². The topological polar surface area (TPSA) is 26.0 Å². The molecule has 66 valence electrons. The second-order valence-corrected chi connectivity index (χ2v) is 3.55. The van der Waals surface area contributed by atoms with Crippen LogP contribution in [0.3, 0.4) is 0 Å². The number of hydrogen-bond donors (Lipinski definition) is 1. The number of nitrogens with two attached hydrogens (primary N) is 1. The van der Waals surface area contributed by atoms with E-state index in [-0.39, 0.29) is 0 Å². The van der Waals surface area contributed by atoms with Crippen molar-refractivity contribution in [1.82, 2.24) is 0 Å². The summed E-state index contributed by atoms with van der Waals surface area (Å²) in [5.41, 5.74) is 7.99. The molecule has 0 spiro atoms. The van der Waals surface area contributed by atoms with E-state index >= 15 is 0 Å². The van der Waals surface area contributed by atoms with Gasteiger partial charge in [-0.25, -0.2) is 0 Å². The normalized spacial score (nSPS) is 10.5. The molecule has 2 aromatic rings. The molecule has 0 heterocycles. The summed E-state index contributed by atoms with van der Waals surface area (Å²) in [7, 11) is 0. The van der Waals surface area contributed by atoms with Crippen molar-refractivity contribution in [3.63, 3.8) is 0 Å². The van der Waals surface area contributed by atoms with E-state index in [0.29, 0.717) is 0 Å². The van der Waals surface area contributed by atoms with Gasteiger partial charge in [0.25, 0.3) is 0 Å². The lowest BCUT2D eigenvalue weighted by Crippen LogP contribution is -1.88. The Hall–Kier alpha value is -1.02. The van der Waals surface area contributed by atoms with Crippen LogP contribution in [0.5, 0.6) is 0 Å². The molecule has 0 aliphatic rings. The van der Waals surface area contributed by atoms with Crippen LogP contribution in [0.1, 0.15) is 5.56 Å². The van der Waals surface area contributed by atoms with Crippen molar-refractivity contribution in [2.75, 3.05) is 5.73 Å². The van der Waals surface area contributed by atoms with Gasteiger partial charge in [0.1, 0.15) is 0 Å². The van der Waals surface area contributed by atoms with Crippen LogP contribution in [-0.4, -0.2) is 0 Å². The minimum absolute atomic E-state index is 0.848. The summed E-state index contributed by atoms with van der Waals surface area (Å²) in [5, 5.41) is 3.24. The molecule has 0 amide bonds. The maximum Gasteiger partial charge on any atom is 0.0393 e. The predicted molar refractivity (Wildman–Crippen MR) is 61.0 cm³/mol. The molecule has 0 aliphatic heterocycles. The number of nitrogen functional groups attached to an aromatic ring is 1. The van der Waals surface area contributed by atoms with Gasteiger partial charge < -0.3 is 5.73 Å². The predicted octanol–water partition coefficient (Wildman–Crippen LogP) is 3.32. The minimum Gasteiger partial charge on any atom is -0.398 e. The van der Waals surface area contributed by atoms with Crippen LogP contribution in [0.25, 0.3) is 10.8 Å². The Morgan fingerprint density at radius 1 is 1.00 bits per heavy atom. The van der Waals surface area contributed by atoms with E-state index in [1.54, 1.807) is 0 Å². The van der Waals surface area contributed by atoms with Crippen LogP contribution in [-0.2, 0) is 5.33 Å². The van der Waals surface area contributed by atoms with E-state index in [9.17, 15) is 0 Å². The van der Waals surface area contributed by atoms with Crippen molar-refractivity contribution in [3.05, 3.63) is 42.0 Å². The Labute approximate surface area is 85.7 Å². The van der Waals surface area contributed by atoms with Gasteiger partial charge in [0.15, 0.2) is 0 Å². The smallest absolute Gasteiger partial charge is 0.0393 e. The van der Waals surface area contributed by atoms with E-state index in [1.165, 1.54) is 10.9 Å². The van der Waals surface area contributed by atoms with E-state index < -0.39 is 0 Å². The Morgan fingerprint density at radius 3 is 2.46 bits per heavy atom. The zero-order valence-electron chi connectivity index (χ0n) is 7.13. The number of alkyl halides is 1. The summed E-state index contributed by atoms with van der Waals surface area (Å²) in [6.07, 6.45) is 0. The molecule has 13 heavy (non-hydrogen) atoms. The Balaban J connectivity index is 2.84.